The van der Waals surface area contributed by atoms with Crippen molar-refractivity contribution < 1.29 is 32.2 Å². The van der Waals surface area contributed by atoms with Crippen LogP contribution in [-0.4, -0.2) is 31.3 Å². The second-order valence-corrected chi connectivity index (χ2v) is 9.19. The van der Waals surface area contributed by atoms with E-state index in [-0.39, 0.29) is 12.6 Å². The molecule has 4 nitrogen and oxygen atoms in total. The Balaban J connectivity index is 1.55. The van der Waals surface area contributed by atoms with Crippen molar-refractivity contribution in [2.75, 3.05) is 13.2 Å². The summed E-state index contributed by atoms with van der Waals surface area (Å²) in [5, 5.41) is 0. The summed E-state index contributed by atoms with van der Waals surface area (Å²) in [7, 11) is 0. The fourth-order valence-electron chi connectivity index (χ4n) is 5.48. The van der Waals surface area contributed by atoms with Gasteiger partial charge in [0.2, 0.25) is 0 Å². The number of carbonyl (C=O) groups is 2. The lowest BCUT2D eigenvalue weighted by molar-refractivity contribution is -0.180. The maximum absolute atomic E-state index is 12.9. The van der Waals surface area contributed by atoms with E-state index in [1.807, 2.05) is 0 Å². The van der Waals surface area contributed by atoms with Gasteiger partial charge in [-0.1, -0.05) is 6.92 Å². The highest BCUT2D eigenvalue weighted by Gasteiger charge is 2.55. The molecule has 4 aliphatic carbocycles. The molecule has 0 aromatic rings. The van der Waals surface area contributed by atoms with Gasteiger partial charge in [-0.25, -0.2) is 0 Å². The summed E-state index contributed by atoms with van der Waals surface area (Å²) in [6.45, 7) is 2.47. The van der Waals surface area contributed by atoms with Gasteiger partial charge in [0.15, 0.2) is 0 Å². The third kappa shape index (κ3) is 4.43. The van der Waals surface area contributed by atoms with E-state index in [2.05, 4.69) is 0 Å². The summed E-state index contributed by atoms with van der Waals surface area (Å²) >= 11 is 0. The molecule has 7 heteroatoms. The molecule has 0 spiro atoms. The first-order chi connectivity index (χ1) is 12.6. The third-order valence-electron chi connectivity index (χ3n) is 6.88. The van der Waals surface area contributed by atoms with Crippen molar-refractivity contribution in [3.8, 4) is 0 Å². The molecule has 1 unspecified atom stereocenters. The van der Waals surface area contributed by atoms with Crippen molar-refractivity contribution in [1.82, 2.24) is 0 Å². The van der Waals surface area contributed by atoms with Crippen LogP contribution in [0.3, 0.4) is 0 Å². The molecule has 4 rings (SSSR count). The SMILES string of the molecule is CCC(C)(COC(=O)C12CC3CC(CC(C3)C1)C2)C(=O)OCCC(F)(F)F. The van der Waals surface area contributed by atoms with Crippen molar-refractivity contribution in [2.24, 2.45) is 28.6 Å². The van der Waals surface area contributed by atoms with Crippen LogP contribution in [0, 0.1) is 28.6 Å². The minimum atomic E-state index is -4.37. The van der Waals surface area contributed by atoms with Crippen LogP contribution < -0.4 is 0 Å². The molecule has 0 N–H and O–H groups in total. The van der Waals surface area contributed by atoms with Gasteiger partial charge < -0.3 is 9.47 Å². The molecule has 0 radical (unpaired) electrons. The van der Waals surface area contributed by atoms with Gasteiger partial charge in [-0.05, 0) is 69.6 Å². The molecule has 154 valence electrons. The molecule has 4 aliphatic rings. The molecule has 0 aliphatic heterocycles. The summed E-state index contributed by atoms with van der Waals surface area (Å²) in [5.41, 5.74) is -1.53. The van der Waals surface area contributed by atoms with Gasteiger partial charge in [-0.3, -0.25) is 9.59 Å². The van der Waals surface area contributed by atoms with E-state index >= 15 is 0 Å². The Hall–Kier alpha value is -1.27. The lowest BCUT2D eigenvalue weighted by Gasteiger charge is -2.55. The van der Waals surface area contributed by atoms with Crippen molar-refractivity contribution in [1.29, 1.82) is 0 Å². The zero-order valence-corrected chi connectivity index (χ0v) is 16.1. The van der Waals surface area contributed by atoms with E-state index in [9.17, 15) is 22.8 Å². The molecule has 27 heavy (non-hydrogen) atoms. The molecule has 0 amide bonds. The smallest absolute Gasteiger partial charge is 0.392 e. The molecule has 0 aromatic carbocycles. The Bertz CT molecular complexity index is 551. The Morgan fingerprint density at radius 2 is 1.52 bits per heavy atom. The van der Waals surface area contributed by atoms with Crippen LogP contribution in [0.25, 0.3) is 0 Å². The topological polar surface area (TPSA) is 52.6 Å². The number of ether oxygens (including phenoxy) is 2. The molecule has 0 heterocycles. The summed E-state index contributed by atoms with van der Waals surface area (Å²) in [4.78, 5) is 25.2. The van der Waals surface area contributed by atoms with E-state index in [1.165, 1.54) is 19.3 Å². The molecule has 4 fully saturated rings. The van der Waals surface area contributed by atoms with Gasteiger partial charge in [-0.15, -0.1) is 0 Å². The Morgan fingerprint density at radius 1 is 1.00 bits per heavy atom. The highest BCUT2D eigenvalue weighted by molar-refractivity contribution is 5.79. The lowest BCUT2D eigenvalue weighted by atomic mass is 9.49. The van der Waals surface area contributed by atoms with Crippen molar-refractivity contribution in [2.45, 2.75) is 71.4 Å². The number of halogens is 3. The predicted molar refractivity (Wildman–Crippen MR) is 91.6 cm³/mol. The van der Waals surface area contributed by atoms with Gasteiger partial charge in [0.05, 0.1) is 23.9 Å². The zero-order valence-electron chi connectivity index (χ0n) is 16.1. The summed E-state index contributed by atoms with van der Waals surface area (Å²) in [6, 6.07) is 0. The van der Waals surface area contributed by atoms with Crippen molar-refractivity contribution in [3.63, 3.8) is 0 Å². The Labute approximate surface area is 158 Å². The molecule has 1 atom stereocenters. The Morgan fingerprint density at radius 3 is 1.96 bits per heavy atom. The van der Waals surface area contributed by atoms with E-state index in [1.54, 1.807) is 13.8 Å². The lowest BCUT2D eigenvalue weighted by Crippen LogP contribution is -2.51. The molecule has 0 saturated heterocycles. The highest BCUT2D eigenvalue weighted by atomic mass is 19.4. The van der Waals surface area contributed by atoms with Gasteiger partial charge in [0.25, 0.3) is 0 Å². The van der Waals surface area contributed by atoms with Gasteiger partial charge >= 0.3 is 18.1 Å². The van der Waals surface area contributed by atoms with E-state index < -0.39 is 36.0 Å². The second kappa shape index (κ2) is 7.28. The predicted octanol–water partition coefficient (Wildman–Crippen LogP) is 4.66. The summed E-state index contributed by atoms with van der Waals surface area (Å²) in [5.74, 6) is 0.841. The molecule has 4 saturated carbocycles. The van der Waals surface area contributed by atoms with Gasteiger partial charge in [0, 0.05) is 0 Å². The fraction of sp³-hybridized carbons (Fsp3) is 0.900. The number of esters is 2. The van der Waals surface area contributed by atoms with Gasteiger partial charge in [-0.2, -0.15) is 13.2 Å². The van der Waals surface area contributed by atoms with Crippen LogP contribution in [-0.2, 0) is 19.1 Å². The number of alkyl halides is 3. The van der Waals surface area contributed by atoms with Crippen molar-refractivity contribution in [3.05, 3.63) is 0 Å². The molecular formula is C20H29F3O4. The largest absolute Gasteiger partial charge is 0.465 e. The monoisotopic (exact) mass is 390 g/mol. The highest BCUT2D eigenvalue weighted by Crippen LogP contribution is 2.60. The van der Waals surface area contributed by atoms with Crippen LogP contribution >= 0.6 is 0 Å². The maximum atomic E-state index is 12.9. The fourth-order valence-corrected chi connectivity index (χ4v) is 5.48. The second-order valence-electron chi connectivity index (χ2n) is 9.19. The molecular weight excluding hydrogens is 361 g/mol. The zero-order chi connectivity index (χ0) is 19.9. The standard InChI is InChI=1S/C20H29F3O4/c1-3-18(2,16(24)26-5-4-20(21,22)23)12-27-17(25)19-9-13-6-14(10-19)8-15(7-13)11-19/h13-15H,3-12H2,1-2H3. The van der Waals surface area contributed by atoms with Crippen molar-refractivity contribution >= 4 is 11.9 Å². The number of hydrogen-bond acceptors (Lipinski definition) is 4. The third-order valence-corrected chi connectivity index (χ3v) is 6.88. The number of carbonyl (C=O) groups excluding carboxylic acids is 2. The van der Waals surface area contributed by atoms with Crippen LogP contribution in [0.2, 0.25) is 0 Å². The number of rotatable bonds is 7. The summed E-state index contributed by atoms with van der Waals surface area (Å²) in [6.07, 6.45) is 1.04. The van der Waals surface area contributed by atoms with Crippen LogP contribution in [0.1, 0.15) is 65.2 Å². The minimum Gasteiger partial charge on any atom is -0.465 e. The van der Waals surface area contributed by atoms with Crippen LogP contribution in [0.5, 0.6) is 0 Å². The van der Waals surface area contributed by atoms with E-state index in [0.717, 1.165) is 19.3 Å². The normalized spacial score (nSPS) is 34.2. The minimum absolute atomic E-state index is 0.144. The maximum Gasteiger partial charge on any atom is 0.392 e. The van der Waals surface area contributed by atoms with E-state index in [0.29, 0.717) is 24.2 Å². The average molecular weight is 390 g/mol. The average Bonchev–Trinajstić information content (AvgIpc) is 2.56. The van der Waals surface area contributed by atoms with E-state index in [4.69, 9.17) is 9.47 Å². The molecule has 4 bridgehead atoms. The van der Waals surface area contributed by atoms with Crippen LogP contribution in [0.4, 0.5) is 13.2 Å². The first-order valence-electron chi connectivity index (χ1n) is 9.96. The van der Waals surface area contributed by atoms with Gasteiger partial charge in [0.1, 0.15) is 6.61 Å². The quantitative estimate of drug-likeness (QED) is 0.594. The summed E-state index contributed by atoms with van der Waals surface area (Å²) < 4.78 is 47.1. The molecule has 0 aromatic heterocycles. The Kier molecular flexibility index (Phi) is 5.52. The first kappa shape index (κ1) is 20.5. The first-order valence-corrected chi connectivity index (χ1v) is 9.96. The van der Waals surface area contributed by atoms with Crippen LogP contribution in [0.15, 0.2) is 0 Å². The number of hydrogen-bond donors (Lipinski definition) is 0.